The van der Waals surface area contributed by atoms with Gasteiger partial charge >= 0.3 is 0 Å². The van der Waals surface area contributed by atoms with Crippen molar-refractivity contribution < 1.29 is 24.0 Å². The fourth-order valence-corrected chi connectivity index (χ4v) is 2.29. The van der Waals surface area contributed by atoms with E-state index >= 15 is 0 Å². The van der Waals surface area contributed by atoms with Gasteiger partial charge in [0.2, 0.25) is 17.7 Å². The van der Waals surface area contributed by atoms with E-state index < -0.39 is 0 Å². The molecule has 0 bridgehead atoms. The van der Waals surface area contributed by atoms with Crippen LogP contribution in [0.4, 0.5) is 0 Å². The third kappa shape index (κ3) is 12.2. The minimum absolute atomic E-state index is 0.104. The average molecular weight is 369 g/mol. The van der Waals surface area contributed by atoms with E-state index in [1.54, 1.807) is 0 Å². The fraction of sp³-hybridized carbons (Fsp3) is 0.722. The molecular weight excluding hydrogens is 338 g/mol. The Balaban J connectivity index is 4.04. The third-order valence-corrected chi connectivity index (χ3v) is 3.87. The zero-order valence-electron chi connectivity index (χ0n) is 15.8. The van der Waals surface area contributed by atoms with E-state index in [9.17, 15) is 24.0 Å². The lowest BCUT2D eigenvalue weighted by molar-refractivity contribution is -0.136. The van der Waals surface area contributed by atoms with Crippen LogP contribution >= 0.6 is 0 Å². The van der Waals surface area contributed by atoms with Gasteiger partial charge in [0.05, 0.1) is 6.54 Å². The minimum Gasteiger partial charge on any atom is -0.356 e. The Hall–Kier alpha value is -2.25. The van der Waals surface area contributed by atoms with Gasteiger partial charge in [-0.25, -0.2) is 0 Å². The summed E-state index contributed by atoms with van der Waals surface area (Å²) in [5.74, 6) is -1.18. The highest BCUT2D eigenvalue weighted by Crippen LogP contribution is 2.12. The summed E-state index contributed by atoms with van der Waals surface area (Å²) in [5, 5.41) is 5.11. The van der Waals surface area contributed by atoms with E-state index in [0.717, 1.165) is 25.5 Å². The molecule has 0 rings (SSSR count). The number of amides is 3. The minimum atomic E-state index is -0.366. The van der Waals surface area contributed by atoms with Crippen molar-refractivity contribution in [3.8, 4) is 0 Å². The molecule has 0 aromatic rings. The van der Waals surface area contributed by atoms with Crippen molar-refractivity contribution in [3.05, 3.63) is 0 Å². The Bertz CT molecular complexity index is 468. The Morgan fingerprint density at radius 1 is 1.04 bits per heavy atom. The third-order valence-electron chi connectivity index (χ3n) is 3.87. The van der Waals surface area contributed by atoms with Gasteiger partial charge in [0, 0.05) is 45.3 Å². The van der Waals surface area contributed by atoms with Gasteiger partial charge in [-0.15, -0.1) is 0 Å². The van der Waals surface area contributed by atoms with Crippen LogP contribution in [0.25, 0.3) is 0 Å². The summed E-state index contributed by atoms with van der Waals surface area (Å²) < 4.78 is 0. The first-order chi connectivity index (χ1) is 12.4. The fourth-order valence-electron chi connectivity index (χ4n) is 2.29. The van der Waals surface area contributed by atoms with Gasteiger partial charge in [0.25, 0.3) is 0 Å². The molecule has 26 heavy (non-hydrogen) atoms. The summed E-state index contributed by atoms with van der Waals surface area (Å²) in [6, 6.07) is 0. The van der Waals surface area contributed by atoms with Crippen LogP contribution in [0, 0.1) is 5.92 Å². The number of hydrogen-bond acceptors (Lipinski definition) is 5. The number of unbranched alkanes of at least 4 members (excludes halogenated alkanes) is 2. The molecule has 0 fully saturated rings. The molecule has 0 aliphatic heterocycles. The predicted molar refractivity (Wildman–Crippen MR) is 97.3 cm³/mol. The van der Waals surface area contributed by atoms with Crippen molar-refractivity contribution in [2.24, 2.45) is 5.92 Å². The van der Waals surface area contributed by atoms with E-state index in [2.05, 4.69) is 17.6 Å². The Labute approximate surface area is 155 Å². The van der Waals surface area contributed by atoms with Crippen LogP contribution in [0.15, 0.2) is 0 Å². The number of hydrogen-bond donors (Lipinski definition) is 2. The predicted octanol–water partition coefficient (Wildman–Crippen LogP) is 0.442. The van der Waals surface area contributed by atoms with Crippen molar-refractivity contribution in [3.63, 3.8) is 0 Å². The quantitative estimate of drug-likeness (QED) is 0.321. The SMILES string of the molecule is CCCCCC(C=O)CC(=O)N(C)CC(=O)NCCC(=O)NCCC=O. The molecule has 0 aliphatic rings. The summed E-state index contributed by atoms with van der Waals surface area (Å²) >= 11 is 0. The maximum absolute atomic E-state index is 12.1. The molecule has 0 heterocycles. The Morgan fingerprint density at radius 3 is 2.35 bits per heavy atom. The largest absolute Gasteiger partial charge is 0.356 e. The van der Waals surface area contributed by atoms with Crippen LogP contribution in [0.3, 0.4) is 0 Å². The van der Waals surface area contributed by atoms with Crippen LogP contribution in [0.2, 0.25) is 0 Å². The molecular formula is C18H31N3O5. The number of nitrogens with zero attached hydrogens (tertiary/aromatic N) is 1. The molecule has 1 unspecified atom stereocenters. The molecule has 1 atom stereocenters. The molecule has 0 saturated heterocycles. The summed E-state index contributed by atoms with van der Waals surface area (Å²) in [7, 11) is 1.52. The molecule has 0 spiro atoms. The molecule has 8 nitrogen and oxygen atoms in total. The molecule has 0 aromatic carbocycles. The smallest absolute Gasteiger partial charge is 0.239 e. The van der Waals surface area contributed by atoms with Crippen LogP contribution in [0.5, 0.6) is 0 Å². The standard InChI is InChI=1S/C18H31N3O5/c1-3-4-5-7-15(14-23)12-18(26)21(2)13-17(25)20-10-8-16(24)19-9-6-11-22/h11,14-15H,3-10,12-13H2,1-2H3,(H,19,24)(H,20,25). The van der Waals surface area contributed by atoms with Gasteiger partial charge in [-0.1, -0.05) is 26.2 Å². The first-order valence-electron chi connectivity index (χ1n) is 9.10. The average Bonchev–Trinajstić information content (AvgIpc) is 2.61. The highest BCUT2D eigenvalue weighted by molar-refractivity contribution is 5.86. The van der Waals surface area contributed by atoms with Crippen LogP contribution < -0.4 is 10.6 Å². The van der Waals surface area contributed by atoms with Gasteiger partial charge in [-0.2, -0.15) is 0 Å². The van der Waals surface area contributed by atoms with Crippen molar-refractivity contribution >= 4 is 30.3 Å². The first kappa shape index (κ1) is 23.8. The van der Waals surface area contributed by atoms with Gasteiger partial charge in [0.15, 0.2) is 0 Å². The lowest BCUT2D eigenvalue weighted by Gasteiger charge is -2.18. The molecule has 8 heteroatoms. The van der Waals surface area contributed by atoms with E-state index in [-0.39, 0.29) is 62.5 Å². The highest BCUT2D eigenvalue weighted by Gasteiger charge is 2.18. The molecule has 148 valence electrons. The molecule has 0 saturated carbocycles. The van der Waals surface area contributed by atoms with E-state index in [1.807, 2.05) is 0 Å². The first-order valence-corrected chi connectivity index (χ1v) is 9.10. The summed E-state index contributed by atoms with van der Waals surface area (Å²) in [6.45, 7) is 2.39. The van der Waals surface area contributed by atoms with Crippen molar-refractivity contribution in [1.82, 2.24) is 15.5 Å². The van der Waals surface area contributed by atoms with Gasteiger partial charge < -0.3 is 25.1 Å². The number of carbonyl (C=O) groups excluding carboxylic acids is 5. The molecule has 0 aromatic heterocycles. The van der Waals surface area contributed by atoms with Crippen molar-refractivity contribution in [2.45, 2.75) is 51.9 Å². The zero-order valence-corrected chi connectivity index (χ0v) is 15.8. The number of carbonyl (C=O) groups is 5. The van der Waals surface area contributed by atoms with Crippen LogP contribution in [-0.2, 0) is 24.0 Å². The van der Waals surface area contributed by atoms with Crippen molar-refractivity contribution in [1.29, 1.82) is 0 Å². The summed E-state index contributed by atoms with van der Waals surface area (Å²) in [6.07, 6.45) is 5.66. The molecule has 2 N–H and O–H groups in total. The number of likely N-dealkylation sites (N-methyl/N-ethyl adjacent to an activating group) is 1. The van der Waals surface area contributed by atoms with Crippen LogP contribution in [0.1, 0.15) is 51.9 Å². The molecule has 0 aliphatic carbocycles. The number of aldehydes is 2. The number of nitrogens with one attached hydrogen (secondary N) is 2. The Morgan fingerprint density at radius 2 is 1.73 bits per heavy atom. The normalized spacial score (nSPS) is 11.3. The second-order valence-electron chi connectivity index (χ2n) is 6.25. The summed E-state index contributed by atoms with van der Waals surface area (Å²) in [5.41, 5.74) is 0. The van der Waals surface area contributed by atoms with Crippen LogP contribution in [-0.4, -0.2) is 61.9 Å². The number of rotatable bonds is 15. The van der Waals surface area contributed by atoms with E-state index in [1.165, 1.54) is 11.9 Å². The maximum atomic E-state index is 12.1. The van der Waals surface area contributed by atoms with Gasteiger partial charge in [-0.3, -0.25) is 14.4 Å². The lowest BCUT2D eigenvalue weighted by Crippen LogP contribution is -2.40. The molecule has 0 radical (unpaired) electrons. The second-order valence-corrected chi connectivity index (χ2v) is 6.25. The Kier molecular flexibility index (Phi) is 13.7. The highest BCUT2D eigenvalue weighted by atomic mass is 16.2. The second kappa shape index (κ2) is 15.0. The zero-order chi connectivity index (χ0) is 19.8. The topological polar surface area (TPSA) is 113 Å². The lowest BCUT2D eigenvalue weighted by atomic mass is 9.99. The van der Waals surface area contributed by atoms with E-state index in [0.29, 0.717) is 12.7 Å². The molecule has 3 amide bonds. The van der Waals surface area contributed by atoms with Crippen molar-refractivity contribution in [2.75, 3.05) is 26.7 Å². The van der Waals surface area contributed by atoms with Gasteiger partial charge in [0.1, 0.15) is 12.6 Å². The van der Waals surface area contributed by atoms with Gasteiger partial charge in [-0.05, 0) is 6.42 Å². The summed E-state index contributed by atoms with van der Waals surface area (Å²) in [4.78, 5) is 57.8. The van der Waals surface area contributed by atoms with E-state index in [4.69, 9.17) is 0 Å². The monoisotopic (exact) mass is 369 g/mol. The maximum Gasteiger partial charge on any atom is 0.239 e.